The summed E-state index contributed by atoms with van der Waals surface area (Å²) in [5.41, 5.74) is 4.15. The first kappa shape index (κ1) is 13.7. The maximum Gasteiger partial charge on any atom is 0.413 e. The van der Waals surface area contributed by atoms with Gasteiger partial charge in [0.25, 0.3) is 0 Å². The molecule has 0 spiro atoms. The molecule has 0 amide bonds. The Morgan fingerprint density at radius 2 is 2.00 bits per heavy atom. The van der Waals surface area contributed by atoms with Gasteiger partial charge in [-0.05, 0) is 38.0 Å². The van der Waals surface area contributed by atoms with Crippen LogP contribution >= 0.6 is 11.6 Å². The highest BCUT2D eigenvalue weighted by molar-refractivity contribution is 6.31. The van der Waals surface area contributed by atoms with E-state index in [1.807, 2.05) is 0 Å². The molecule has 0 saturated heterocycles. The van der Waals surface area contributed by atoms with Crippen LogP contribution in [0.2, 0.25) is 5.02 Å². The van der Waals surface area contributed by atoms with Crippen LogP contribution in [0, 0.1) is 0 Å². The van der Waals surface area contributed by atoms with Gasteiger partial charge in [-0.3, -0.25) is 0 Å². The van der Waals surface area contributed by atoms with Crippen LogP contribution in [0.4, 0.5) is 13.2 Å². The second-order valence-corrected chi connectivity index (χ2v) is 5.81. The number of alkyl halides is 3. The van der Waals surface area contributed by atoms with Crippen LogP contribution in [-0.4, -0.2) is 15.7 Å². The van der Waals surface area contributed by atoms with Crippen molar-refractivity contribution < 1.29 is 13.2 Å². The number of hydrogen-bond acceptors (Lipinski definition) is 2. The summed E-state index contributed by atoms with van der Waals surface area (Å²) in [7, 11) is 0. The molecular formula is C13H13ClF3N3. The second-order valence-electron chi connectivity index (χ2n) is 5.37. The van der Waals surface area contributed by atoms with Crippen molar-refractivity contribution in [2.45, 2.75) is 37.5 Å². The van der Waals surface area contributed by atoms with E-state index in [0.29, 0.717) is 16.1 Å². The summed E-state index contributed by atoms with van der Waals surface area (Å²) in [6.45, 7) is 0.953. The summed E-state index contributed by atoms with van der Waals surface area (Å²) < 4.78 is 41.2. The Bertz CT molecular complexity index is 671. The molecule has 1 aliphatic carbocycles. The Morgan fingerprint density at radius 1 is 1.35 bits per heavy atom. The first-order valence-electron chi connectivity index (χ1n) is 6.25. The summed E-state index contributed by atoms with van der Waals surface area (Å²) in [6, 6.07) is 4.89. The van der Waals surface area contributed by atoms with Crippen LogP contribution in [0.1, 0.15) is 31.6 Å². The average molecular weight is 304 g/mol. The standard InChI is InChI=1S/C13H13ClF3N3/c1-12(18,13(15,16)17)11-19-9-5-2-7(14)6-10(9)20(11)8-3-4-8/h2,5-6,8H,3-4,18H2,1H3. The summed E-state index contributed by atoms with van der Waals surface area (Å²) in [6.07, 6.45) is -2.90. The fraction of sp³-hybridized carbons (Fsp3) is 0.462. The van der Waals surface area contributed by atoms with Crippen molar-refractivity contribution >= 4 is 22.6 Å². The average Bonchev–Trinajstić information content (AvgIpc) is 3.08. The molecule has 1 unspecified atom stereocenters. The van der Waals surface area contributed by atoms with Crippen molar-refractivity contribution in [3.8, 4) is 0 Å². The third-order valence-electron chi connectivity index (χ3n) is 3.62. The molecule has 108 valence electrons. The molecule has 0 radical (unpaired) electrons. The Hall–Kier alpha value is -1.27. The zero-order chi connectivity index (χ0) is 14.7. The zero-order valence-corrected chi connectivity index (χ0v) is 11.5. The summed E-state index contributed by atoms with van der Waals surface area (Å²) in [5, 5.41) is 0.469. The lowest BCUT2D eigenvalue weighted by Gasteiger charge is -2.27. The van der Waals surface area contributed by atoms with Gasteiger partial charge in [-0.2, -0.15) is 13.2 Å². The fourth-order valence-corrected chi connectivity index (χ4v) is 2.43. The highest BCUT2D eigenvalue weighted by Crippen LogP contribution is 2.44. The largest absolute Gasteiger partial charge is 0.413 e. The van der Waals surface area contributed by atoms with E-state index in [4.69, 9.17) is 17.3 Å². The van der Waals surface area contributed by atoms with Gasteiger partial charge in [-0.15, -0.1) is 0 Å². The van der Waals surface area contributed by atoms with E-state index < -0.39 is 11.7 Å². The predicted molar refractivity (Wildman–Crippen MR) is 70.6 cm³/mol. The van der Waals surface area contributed by atoms with Crippen molar-refractivity contribution in [1.82, 2.24) is 9.55 Å². The quantitative estimate of drug-likeness (QED) is 0.918. The minimum Gasteiger partial charge on any atom is -0.323 e. The van der Waals surface area contributed by atoms with Gasteiger partial charge in [0.2, 0.25) is 0 Å². The number of halogens is 4. The number of nitrogens with zero attached hydrogens (tertiary/aromatic N) is 2. The molecule has 3 rings (SSSR count). The van der Waals surface area contributed by atoms with E-state index >= 15 is 0 Å². The van der Waals surface area contributed by atoms with Crippen LogP contribution in [0.5, 0.6) is 0 Å². The monoisotopic (exact) mass is 303 g/mol. The molecule has 3 nitrogen and oxygen atoms in total. The molecule has 7 heteroatoms. The Balaban J connectivity index is 2.28. The highest BCUT2D eigenvalue weighted by atomic mass is 35.5. The van der Waals surface area contributed by atoms with Crippen LogP contribution < -0.4 is 5.73 Å². The van der Waals surface area contributed by atoms with Crippen LogP contribution in [0.25, 0.3) is 11.0 Å². The summed E-state index contributed by atoms with van der Waals surface area (Å²) in [5.74, 6) is -0.148. The molecule has 1 aromatic carbocycles. The number of hydrogen-bond donors (Lipinski definition) is 1. The summed E-state index contributed by atoms with van der Waals surface area (Å²) in [4.78, 5) is 4.11. The van der Waals surface area contributed by atoms with Crippen LogP contribution in [0.15, 0.2) is 18.2 Å². The normalized spacial score (nSPS) is 19.3. The Kier molecular flexibility index (Phi) is 2.82. The van der Waals surface area contributed by atoms with Crippen molar-refractivity contribution in [3.05, 3.63) is 29.0 Å². The lowest BCUT2D eigenvalue weighted by atomic mass is 10.0. The first-order chi connectivity index (χ1) is 9.22. The van der Waals surface area contributed by atoms with Crippen molar-refractivity contribution in [2.24, 2.45) is 5.73 Å². The van der Waals surface area contributed by atoms with Gasteiger partial charge in [-0.1, -0.05) is 11.6 Å². The van der Waals surface area contributed by atoms with Crippen LogP contribution in [-0.2, 0) is 5.54 Å². The number of benzene rings is 1. The number of fused-ring (bicyclic) bond motifs is 1. The molecule has 2 aromatic rings. The highest BCUT2D eigenvalue weighted by Gasteiger charge is 2.53. The molecule has 2 N–H and O–H groups in total. The number of imidazole rings is 1. The van der Waals surface area contributed by atoms with Crippen molar-refractivity contribution in [2.75, 3.05) is 0 Å². The number of aromatic nitrogens is 2. The van der Waals surface area contributed by atoms with Crippen molar-refractivity contribution in [1.29, 1.82) is 0 Å². The third-order valence-corrected chi connectivity index (χ3v) is 3.85. The molecule has 1 heterocycles. The maximum absolute atomic E-state index is 13.2. The Labute approximate surface area is 118 Å². The molecule has 1 saturated carbocycles. The summed E-state index contributed by atoms with van der Waals surface area (Å²) >= 11 is 5.93. The number of nitrogens with two attached hydrogens (primary N) is 1. The van der Waals surface area contributed by atoms with Gasteiger partial charge < -0.3 is 10.3 Å². The maximum atomic E-state index is 13.2. The molecule has 20 heavy (non-hydrogen) atoms. The SMILES string of the molecule is CC(N)(c1nc2ccc(Cl)cc2n1C1CC1)C(F)(F)F. The van der Waals surface area contributed by atoms with E-state index in [1.54, 1.807) is 22.8 Å². The molecule has 0 aliphatic heterocycles. The third kappa shape index (κ3) is 1.98. The van der Waals surface area contributed by atoms with Gasteiger partial charge in [0.05, 0.1) is 11.0 Å². The van der Waals surface area contributed by atoms with E-state index in [1.165, 1.54) is 0 Å². The topological polar surface area (TPSA) is 43.8 Å². The van der Waals surface area contributed by atoms with E-state index in [9.17, 15) is 13.2 Å². The smallest absolute Gasteiger partial charge is 0.323 e. The fourth-order valence-electron chi connectivity index (χ4n) is 2.26. The molecule has 1 aliphatic rings. The van der Waals surface area contributed by atoms with E-state index in [2.05, 4.69) is 4.98 Å². The zero-order valence-electron chi connectivity index (χ0n) is 10.7. The lowest BCUT2D eigenvalue weighted by molar-refractivity contribution is -0.186. The van der Waals surface area contributed by atoms with Gasteiger partial charge in [0.1, 0.15) is 5.82 Å². The molecule has 0 bridgehead atoms. The Morgan fingerprint density at radius 3 is 2.55 bits per heavy atom. The van der Waals surface area contributed by atoms with Gasteiger partial charge in [0, 0.05) is 11.1 Å². The van der Waals surface area contributed by atoms with Gasteiger partial charge in [0.15, 0.2) is 5.54 Å². The number of rotatable bonds is 2. The van der Waals surface area contributed by atoms with E-state index in [0.717, 1.165) is 19.8 Å². The van der Waals surface area contributed by atoms with E-state index in [-0.39, 0.29) is 11.9 Å². The minimum atomic E-state index is -4.56. The minimum absolute atomic E-state index is 0.0266. The first-order valence-corrected chi connectivity index (χ1v) is 6.63. The van der Waals surface area contributed by atoms with Gasteiger partial charge in [-0.25, -0.2) is 4.98 Å². The molecule has 1 fully saturated rings. The molecular weight excluding hydrogens is 291 g/mol. The second kappa shape index (κ2) is 4.11. The van der Waals surface area contributed by atoms with Gasteiger partial charge >= 0.3 is 6.18 Å². The lowest BCUT2D eigenvalue weighted by Crippen LogP contribution is -2.49. The molecule has 1 atom stereocenters. The van der Waals surface area contributed by atoms with Crippen molar-refractivity contribution in [3.63, 3.8) is 0 Å². The van der Waals surface area contributed by atoms with Crippen LogP contribution in [0.3, 0.4) is 0 Å². The molecule has 1 aromatic heterocycles. The predicted octanol–water partition coefficient (Wildman–Crippen LogP) is 3.76.